The lowest BCUT2D eigenvalue weighted by molar-refractivity contribution is -0.128. The Hall–Kier alpha value is -2.96. The molecule has 1 unspecified atom stereocenters. The van der Waals surface area contributed by atoms with Gasteiger partial charge in [0.05, 0.1) is 12.3 Å². The third-order valence-corrected chi connectivity index (χ3v) is 6.60. The Labute approximate surface area is 196 Å². The van der Waals surface area contributed by atoms with Crippen LogP contribution in [0.1, 0.15) is 26.9 Å². The van der Waals surface area contributed by atoms with Crippen molar-refractivity contribution < 1.29 is 14.3 Å². The predicted octanol–water partition coefficient (Wildman–Crippen LogP) is 4.92. The van der Waals surface area contributed by atoms with Crippen LogP contribution in [0.4, 0.5) is 0 Å². The molecule has 1 aliphatic heterocycles. The summed E-state index contributed by atoms with van der Waals surface area (Å²) in [6.45, 7) is 1.34. The summed E-state index contributed by atoms with van der Waals surface area (Å²) in [5, 5.41) is 3.47. The van der Waals surface area contributed by atoms with Gasteiger partial charge in [0.2, 0.25) is 5.91 Å². The van der Waals surface area contributed by atoms with Crippen molar-refractivity contribution in [2.75, 3.05) is 18.9 Å². The standard InChI is InChI=1S/C25H23ClN2O3S/c26-21-12-6-18(7-13-21)16-28-23(29)17-32-25(28)20-10-8-19(9-11-20)24(30)27-14-15-31-22-4-2-1-3-5-22/h1-13,25H,14-17H2,(H,27,30). The molecule has 1 atom stereocenters. The lowest BCUT2D eigenvalue weighted by Crippen LogP contribution is -2.28. The van der Waals surface area contributed by atoms with Crippen molar-refractivity contribution >= 4 is 35.2 Å². The van der Waals surface area contributed by atoms with E-state index in [2.05, 4.69) is 5.32 Å². The maximum atomic E-state index is 12.5. The molecular weight excluding hydrogens is 444 g/mol. The van der Waals surface area contributed by atoms with Crippen molar-refractivity contribution in [1.82, 2.24) is 10.2 Å². The molecule has 1 heterocycles. The van der Waals surface area contributed by atoms with Crippen molar-refractivity contribution in [3.63, 3.8) is 0 Å². The molecule has 0 spiro atoms. The van der Waals surface area contributed by atoms with Gasteiger partial charge in [-0.25, -0.2) is 0 Å². The highest BCUT2D eigenvalue weighted by Crippen LogP contribution is 2.39. The minimum Gasteiger partial charge on any atom is -0.492 e. The van der Waals surface area contributed by atoms with E-state index in [1.54, 1.807) is 23.9 Å². The monoisotopic (exact) mass is 466 g/mol. The number of benzene rings is 3. The van der Waals surface area contributed by atoms with E-state index in [0.717, 1.165) is 16.9 Å². The quantitative estimate of drug-likeness (QED) is 0.478. The minimum absolute atomic E-state index is 0.0745. The summed E-state index contributed by atoms with van der Waals surface area (Å²) >= 11 is 7.56. The molecule has 1 aliphatic rings. The molecule has 4 rings (SSSR count). The fraction of sp³-hybridized carbons (Fsp3) is 0.200. The Bertz CT molecular complexity index is 1060. The molecule has 32 heavy (non-hydrogen) atoms. The third kappa shape index (κ3) is 5.64. The van der Waals surface area contributed by atoms with Crippen LogP contribution in [0.2, 0.25) is 5.02 Å². The van der Waals surface area contributed by atoms with Crippen LogP contribution in [0.25, 0.3) is 0 Å². The zero-order valence-electron chi connectivity index (χ0n) is 17.4. The minimum atomic E-state index is -0.151. The first-order valence-corrected chi connectivity index (χ1v) is 11.7. The molecule has 1 saturated heterocycles. The van der Waals surface area contributed by atoms with Crippen LogP contribution in [-0.4, -0.2) is 35.6 Å². The smallest absolute Gasteiger partial charge is 0.251 e. The first-order chi connectivity index (χ1) is 15.6. The topological polar surface area (TPSA) is 58.6 Å². The van der Waals surface area contributed by atoms with Crippen LogP contribution < -0.4 is 10.1 Å². The number of hydrogen-bond donors (Lipinski definition) is 1. The molecule has 7 heteroatoms. The second-order valence-corrected chi connectivity index (χ2v) is 8.86. The molecule has 1 fully saturated rings. The number of ether oxygens (including phenoxy) is 1. The van der Waals surface area contributed by atoms with E-state index in [4.69, 9.17) is 16.3 Å². The van der Waals surface area contributed by atoms with Crippen LogP contribution in [-0.2, 0) is 11.3 Å². The highest BCUT2D eigenvalue weighted by molar-refractivity contribution is 8.00. The molecule has 0 saturated carbocycles. The van der Waals surface area contributed by atoms with Crippen LogP contribution in [0.15, 0.2) is 78.9 Å². The second kappa shape index (κ2) is 10.6. The molecule has 0 aliphatic carbocycles. The number of nitrogens with zero attached hydrogens (tertiary/aromatic N) is 1. The molecule has 3 aromatic rings. The van der Waals surface area contributed by atoms with Crippen molar-refractivity contribution in [2.45, 2.75) is 11.9 Å². The van der Waals surface area contributed by atoms with E-state index >= 15 is 0 Å². The highest BCUT2D eigenvalue weighted by Gasteiger charge is 2.32. The normalized spacial score (nSPS) is 15.6. The Balaban J connectivity index is 1.33. The van der Waals surface area contributed by atoms with Crippen LogP contribution in [0.3, 0.4) is 0 Å². The van der Waals surface area contributed by atoms with E-state index < -0.39 is 0 Å². The molecule has 2 amide bonds. The highest BCUT2D eigenvalue weighted by atomic mass is 35.5. The van der Waals surface area contributed by atoms with Gasteiger partial charge in [-0.3, -0.25) is 9.59 Å². The van der Waals surface area contributed by atoms with Crippen molar-refractivity contribution in [2.24, 2.45) is 0 Å². The summed E-state index contributed by atoms with van der Waals surface area (Å²) in [7, 11) is 0. The Morgan fingerprint density at radius 3 is 2.47 bits per heavy atom. The Morgan fingerprint density at radius 1 is 1.03 bits per heavy atom. The summed E-state index contributed by atoms with van der Waals surface area (Å²) < 4.78 is 5.59. The lowest BCUT2D eigenvalue weighted by atomic mass is 10.1. The van der Waals surface area contributed by atoms with E-state index in [9.17, 15) is 9.59 Å². The molecule has 5 nitrogen and oxygen atoms in total. The van der Waals surface area contributed by atoms with Crippen molar-refractivity contribution in [1.29, 1.82) is 0 Å². The fourth-order valence-electron chi connectivity index (χ4n) is 3.44. The van der Waals surface area contributed by atoms with Crippen LogP contribution in [0, 0.1) is 0 Å². The first kappa shape index (κ1) is 22.2. The van der Waals surface area contributed by atoms with E-state index in [1.165, 1.54) is 0 Å². The maximum Gasteiger partial charge on any atom is 0.251 e. The molecule has 0 bridgehead atoms. The van der Waals surface area contributed by atoms with E-state index in [0.29, 0.717) is 36.0 Å². The van der Waals surface area contributed by atoms with Crippen molar-refractivity contribution in [3.8, 4) is 5.75 Å². The van der Waals surface area contributed by atoms with Crippen LogP contribution in [0.5, 0.6) is 5.75 Å². The summed E-state index contributed by atoms with van der Waals surface area (Å²) in [4.78, 5) is 26.7. The van der Waals surface area contributed by atoms with Gasteiger partial charge in [0.25, 0.3) is 5.91 Å². The van der Waals surface area contributed by atoms with Gasteiger partial charge in [-0.05, 0) is 47.5 Å². The molecule has 1 N–H and O–H groups in total. The number of hydrogen-bond acceptors (Lipinski definition) is 4. The Kier molecular flexibility index (Phi) is 7.35. The number of carbonyl (C=O) groups is 2. The summed E-state index contributed by atoms with van der Waals surface area (Å²) in [5.41, 5.74) is 2.61. The van der Waals surface area contributed by atoms with Crippen molar-refractivity contribution in [3.05, 3.63) is 101 Å². The average molecular weight is 467 g/mol. The summed E-state index contributed by atoms with van der Waals surface area (Å²) in [5.74, 6) is 1.18. The van der Waals surface area contributed by atoms with Gasteiger partial charge in [0.1, 0.15) is 17.7 Å². The second-order valence-electron chi connectivity index (χ2n) is 7.35. The molecule has 3 aromatic carbocycles. The lowest BCUT2D eigenvalue weighted by Gasteiger charge is -2.24. The molecular formula is C25H23ClN2O3S. The fourth-order valence-corrected chi connectivity index (χ4v) is 4.75. The zero-order chi connectivity index (χ0) is 22.3. The number of thioether (sulfide) groups is 1. The van der Waals surface area contributed by atoms with Gasteiger partial charge in [-0.1, -0.05) is 54.1 Å². The summed E-state index contributed by atoms with van der Waals surface area (Å²) in [6, 6.07) is 24.5. The van der Waals surface area contributed by atoms with Gasteiger partial charge < -0.3 is 15.0 Å². The number of para-hydroxylation sites is 1. The largest absolute Gasteiger partial charge is 0.492 e. The predicted molar refractivity (Wildman–Crippen MR) is 128 cm³/mol. The van der Waals surface area contributed by atoms with Gasteiger partial charge >= 0.3 is 0 Å². The van der Waals surface area contributed by atoms with E-state index in [-0.39, 0.29) is 17.2 Å². The number of amides is 2. The number of nitrogens with one attached hydrogen (secondary N) is 1. The van der Waals surface area contributed by atoms with Gasteiger partial charge in [-0.2, -0.15) is 0 Å². The third-order valence-electron chi connectivity index (χ3n) is 5.09. The van der Waals surface area contributed by atoms with Gasteiger partial charge in [0.15, 0.2) is 0 Å². The zero-order valence-corrected chi connectivity index (χ0v) is 18.9. The first-order valence-electron chi connectivity index (χ1n) is 10.3. The van der Waals surface area contributed by atoms with Gasteiger partial charge in [0, 0.05) is 17.1 Å². The summed E-state index contributed by atoms with van der Waals surface area (Å²) in [6.07, 6.45) is 0. The Morgan fingerprint density at radius 2 is 1.75 bits per heavy atom. The molecule has 0 radical (unpaired) electrons. The molecule has 164 valence electrons. The SMILES string of the molecule is O=C(NCCOc1ccccc1)c1ccc(C2SCC(=O)N2Cc2ccc(Cl)cc2)cc1. The average Bonchev–Trinajstić information content (AvgIpc) is 3.19. The molecule has 0 aromatic heterocycles. The number of rotatable bonds is 8. The number of carbonyl (C=O) groups excluding carboxylic acids is 2. The van der Waals surface area contributed by atoms with E-state index in [1.807, 2.05) is 71.6 Å². The number of halogens is 1. The van der Waals surface area contributed by atoms with Crippen LogP contribution >= 0.6 is 23.4 Å². The van der Waals surface area contributed by atoms with Gasteiger partial charge in [-0.15, -0.1) is 11.8 Å². The maximum absolute atomic E-state index is 12.5.